The minimum Gasteiger partial charge on any atom is -0.333 e. The zero-order valence-corrected chi connectivity index (χ0v) is 19.4. The highest BCUT2D eigenvalue weighted by atomic mass is 32.2. The SMILES string of the molecule is Cc1ccccc1Nc1nnc(SCC(=O)N(Cc2ccccc2)Cc2ccccc2)s1. The lowest BCUT2D eigenvalue weighted by Crippen LogP contribution is -2.31. The number of thioether (sulfide) groups is 1. The first-order chi connectivity index (χ1) is 15.7. The van der Waals surface area contributed by atoms with Crippen molar-refractivity contribution in [3.63, 3.8) is 0 Å². The molecule has 7 heteroatoms. The van der Waals surface area contributed by atoms with Crippen LogP contribution < -0.4 is 5.32 Å². The molecular formula is C25H24N4OS2. The van der Waals surface area contributed by atoms with Crippen molar-refractivity contribution in [1.29, 1.82) is 0 Å². The Bertz CT molecular complexity index is 1110. The summed E-state index contributed by atoms with van der Waals surface area (Å²) in [6.45, 7) is 3.20. The molecule has 0 aliphatic carbocycles. The number of aromatic nitrogens is 2. The maximum absolute atomic E-state index is 13.1. The van der Waals surface area contributed by atoms with Crippen LogP contribution in [0.5, 0.6) is 0 Å². The van der Waals surface area contributed by atoms with Crippen molar-refractivity contribution in [3.8, 4) is 0 Å². The molecule has 0 bridgehead atoms. The highest BCUT2D eigenvalue weighted by Crippen LogP contribution is 2.29. The summed E-state index contributed by atoms with van der Waals surface area (Å²) in [5.41, 5.74) is 4.38. The van der Waals surface area contributed by atoms with Crippen LogP contribution in [-0.2, 0) is 17.9 Å². The van der Waals surface area contributed by atoms with Crippen molar-refractivity contribution in [1.82, 2.24) is 15.1 Å². The molecule has 5 nitrogen and oxygen atoms in total. The fourth-order valence-corrected chi connectivity index (χ4v) is 4.87. The van der Waals surface area contributed by atoms with Gasteiger partial charge in [-0.2, -0.15) is 0 Å². The molecule has 0 unspecified atom stereocenters. The molecule has 0 atom stereocenters. The van der Waals surface area contributed by atoms with Crippen molar-refractivity contribution in [2.24, 2.45) is 0 Å². The number of nitrogens with one attached hydrogen (secondary N) is 1. The van der Waals surface area contributed by atoms with Crippen LogP contribution in [0, 0.1) is 6.92 Å². The number of hydrogen-bond donors (Lipinski definition) is 1. The van der Waals surface area contributed by atoms with Gasteiger partial charge in [0.1, 0.15) is 0 Å². The van der Waals surface area contributed by atoms with Gasteiger partial charge in [-0.25, -0.2) is 0 Å². The largest absolute Gasteiger partial charge is 0.333 e. The normalized spacial score (nSPS) is 10.7. The summed E-state index contributed by atoms with van der Waals surface area (Å²) in [6, 6.07) is 28.2. The van der Waals surface area contributed by atoms with Gasteiger partial charge >= 0.3 is 0 Å². The summed E-state index contributed by atoms with van der Waals surface area (Å²) >= 11 is 2.88. The van der Waals surface area contributed by atoms with E-state index in [0.717, 1.165) is 31.8 Å². The van der Waals surface area contributed by atoms with Crippen LogP contribution in [0.1, 0.15) is 16.7 Å². The van der Waals surface area contributed by atoms with Crippen molar-refractivity contribution < 1.29 is 4.79 Å². The smallest absolute Gasteiger partial charge is 0.233 e. The molecule has 32 heavy (non-hydrogen) atoms. The van der Waals surface area contributed by atoms with Gasteiger partial charge in [0.25, 0.3) is 0 Å². The third-order valence-electron chi connectivity index (χ3n) is 4.90. The molecule has 0 fully saturated rings. The number of aryl methyl sites for hydroxylation is 1. The Balaban J connectivity index is 1.39. The number of rotatable bonds is 9. The van der Waals surface area contributed by atoms with E-state index in [1.165, 1.54) is 23.1 Å². The van der Waals surface area contributed by atoms with E-state index in [2.05, 4.69) is 15.5 Å². The standard InChI is InChI=1S/C25H24N4OS2/c1-19-10-8-9-15-22(19)26-24-27-28-25(32-24)31-18-23(30)29(16-20-11-4-2-5-12-20)17-21-13-6-3-7-14-21/h2-15H,16-18H2,1H3,(H,26,27). The van der Waals surface area contributed by atoms with E-state index in [-0.39, 0.29) is 5.91 Å². The van der Waals surface area contributed by atoms with Gasteiger partial charge in [0.2, 0.25) is 11.0 Å². The first-order valence-corrected chi connectivity index (χ1v) is 12.1. The van der Waals surface area contributed by atoms with E-state index in [1.54, 1.807) is 0 Å². The molecule has 1 heterocycles. The molecule has 0 radical (unpaired) electrons. The van der Waals surface area contributed by atoms with Crippen molar-refractivity contribution >= 4 is 39.8 Å². The lowest BCUT2D eigenvalue weighted by Gasteiger charge is -2.23. The first kappa shape index (κ1) is 22.0. The number of carbonyl (C=O) groups is 1. The topological polar surface area (TPSA) is 58.1 Å². The van der Waals surface area contributed by atoms with Gasteiger partial charge in [0.15, 0.2) is 4.34 Å². The molecule has 0 aliphatic heterocycles. The average molecular weight is 461 g/mol. The zero-order chi connectivity index (χ0) is 22.2. The second-order valence-electron chi connectivity index (χ2n) is 7.32. The van der Waals surface area contributed by atoms with Crippen molar-refractivity contribution in [2.45, 2.75) is 24.4 Å². The maximum Gasteiger partial charge on any atom is 0.233 e. The predicted octanol–water partition coefficient (Wildman–Crippen LogP) is 5.91. The summed E-state index contributed by atoms with van der Waals surface area (Å²) in [5, 5.41) is 12.5. The summed E-state index contributed by atoms with van der Waals surface area (Å²) in [5.74, 6) is 0.393. The molecule has 0 aliphatic rings. The number of para-hydroxylation sites is 1. The number of carbonyl (C=O) groups excluding carboxylic acids is 1. The minimum atomic E-state index is 0.0753. The van der Waals surface area contributed by atoms with E-state index in [9.17, 15) is 4.79 Å². The Morgan fingerprint density at radius 1 is 0.875 bits per heavy atom. The Morgan fingerprint density at radius 2 is 1.47 bits per heavy atom. The van der Waals surface area contributed by atoms with Gasteiger partial charge in [0.05, 0.1) is 5.75 Å². The summed E-state index contributed by atoms with van der Waals surface area (Å²) in [6.07, 6.45) is 0. The van der Waals surface area contributed by atoms with Crippen LogP contribution in [0.2, 0.25) is 0 Å². The lowest BCUT2D eigenvalue weighted by molar-refractivity contribution is -0.129. The van der Waals surface area contributed by atoms with E-state index in [1.807, 2.05) is 96.8 Å². The molecule has 4 rings (SSSR count). The molecule has 0 saturated heterocycles. The lowest BCUT2D eigenvalue weighted by atomic mass is 10.1. The highest BCUT2D eigenvalue weighted by Gasteiger charge is 2.16. The van der Waals surface area contributed by atoms with Crippen LogP contribution in [-0.4, -0.2) is 26.8 Å². The molecular weight excluding hydrogens is 436 g/mol. The third-order valence-corrected chi connectivity index (χ3v) is 6.85. The number of hydrogen-bond acceptors (Lipinski definition) is 6. The van der Waals surface area contributed by atoms with E-state index in [0.29, 0.717) is 18.8 Å². The van der Waals surface area contributed by atoms with Gasteiger partial charge < -0.3 is 10.2 Å². The Kier molecular flexibility index (Phi) is 7.53. The molecule has 1 N–H and O–H groups in total. The highest BCUT2D eigenvalue weighted by molar-refractivity contribution is 8.01. The van der Waals surface area contributed by atoms with Gasteiger partial charge in [-0.1, -0.05) is 102 Å². The zero-order valence-electron chi connectivity index (χ0n) is 17.8. The van der Waals surface area contributed by atoms with Crippen LogP contribution in [0.25, 0.3) is 0 Å². The second kappa shape index (κ2) is 10.9. The van der Waals surface area contributed by atoms with Gasteiger partial charge in [-0.05, 0) is 29.7 Å². The first-order valence-electron chi connectivity index (χ1n) is 10.3. The molecule has 3 aromatic carbocycles. The molecule has 162 valence electrons. The summed E-state index contributed by atoms with van der Waals surface area (Å²) in [7, 11) is 0. The van der Waals surface area contributed by atoms with Crippen LogP contribution in [0.3, 0.4) is 0 Å². The number of amides is 1. The quantitative estimate of drug-likeness (QED) is 0.315. The fourth-order valence-electron chi connectivity index (χ4n) is 3.20. The predicted molar refractivity (Wildman–Crippen MR) is 132 cm³/mol. The maximum atomic E-state index is 13.1. The monoisotopic (exact) mass is 460 g/mol. The molecule has 0 saturated carbocycles. The molecule has 1 amide bonds. The second-order valence-corrected chi connectivity index (χ2v) is 9.52. The average Bonchev–Trinajstić information content (AvgIpc) is 3.27. The third kappa shape index (κ3) is 6.18. The van der Waals surface area contributed by atoms with Gasteiger partial charge in [0, 0.05) is 18.8 Å². The van der Waals surface area contributed by atoms with Crippen LogP contribution in [0.15, 0.2) is 89.3 Å². The van der Waals surface area contributed by atoms with Crippen LogP contribution in [0.4, 0.5) is 10.8 Å². The van der Waals surface area contributed by atoms with Crippen molar-refractivity contribution in [3.05, 3.63) is 102 Å². The van der Waals surface area contributed by atoms with Gasteiger partial charge in [-0.3, -0.25) is 4.79 Å². The minimum absolute atomic E-state index is 0.0753. The van der Waals surface area contributed by atoms with Gasteiger partial charge in [-0.15, -0.1) is 10.2 Å². The Hall–Kier alpha value is -3.16. The number of anilines is 2. The molecule has 0 spiro atoms. The molecule has 4 aromatic rings. The van der Waals surface area contributed by atoms with E-state index >= 15 is 0 Å². The van der Waals surface area contributed by atoms with Crippen molar-refractivity contribution in [2.75, 3.05) is 11.1 Å². The van der Waals surface area contributed by atoms with Crippen LogP contribution >= 0.6 is 23.1 Å². The summed E-state index contributed by atoms with van der Waals surface area (Å²) < 4.78 is 0.772. The molecule has 1 aromatic heterocycles. The van der Waals surface area contributed by atoms with E-state index < -0.39 is 0 Å². The number of benzene rings is 3. The Morgan fingerprint density at radius 3 is 2.09 bits per heavy atom. The van der Waals surface area contributed by atoms with E-state index in [4.69, 9.17) is 0 Å². The Labute approximate surface area is 196 Å². The fraction of sp³-hybridized carbons (Fsp3) is 0.160. The number of nitrogens with zero attached hydrogens (tertiary/aromatic N) is 3. The summed E-state index contributed by atoms with van der Waals surface area (Å²) in [4.78, 5) is 15.0.